The van der Waals surface area contributed by atoms with Crippen molar-refractivity contribution in [1.82, 2.24) is 9.80 Å². The Balaban J connectivity index is 1.81. The number of nitrogens with zero attached hydrogens (tertiary/aromatic N) is 2. The predicted octanol–water partition coefficient (Wildman–Crippen LogP) is 3.90. The molecule has 140 valence electrons. The summed E-state index contributed by atoms with van der Waals surface area (Å²) in [4.78, 5) is 16.3. The van der Waals surface area contributed by atoms with Gasteiger partial charge in [-0.25, -0.2) is 9.18 Å². The first-order chi connectivity index (χ1) is 11.9. The lowest BCUT2D eigenvalue weighted by atomic mass is 10.1. The highest BCUT2D eigenvalue weighted by Crippen LogP contribution is 2.17. The Morgan fingerprint density at radius 1 is 1.32 bits per heavy atom. The number of alkyl halides is 1. The van der Waals surface area contributed by atoms with E-state index in [0.717, 1.165) is 19.4 Å². The third-order valence-corrected chi connectivity index (χ3v) is 4.58. The molecular formula is C20H31FN2O2. The number of benzene rings is 1. The van der Waals surface area contributed by atoms with Crippen LogP contribution in [0.2, 0.25) is 0 Å². The van der Waals surface area contributed by atoms with Crippen LogP contribution in [-0.4, -0.2) is 60.4 Å². The number of hydrogen-bond donors (Lipinski definition) is 0. The minimum absolute atomic E-state index is 0.294. The molecule has 1 aromatic rings. The second kappa shape index (κ2) is 9.18. The van der Waals surface area contributed by atoms with Crippen LogP contribution in [0.1, 0.15) is 39.2 Å². The number of piperidine rings is 1. The molecule has 4 nitrogen and oxygen atoms in total. The van der Waals surface area contributed by atoms with Crippen LogP contribution in [0, 0.1) is 0 Å². The minimum Gasteiger partial charge on any atom is -0.448 e. The molecule has 1 saturated heterocycles. The topological polar surface area (TPSA) is 32.8 Å². The van der Waals surface area contributed by atoms with Crippen LogP contribution >= 0.6 is 0 Å². The Morgan fingerprint density at radius 3 is 2.68 bits per heavy atom. The van der Waals surface area contributed by atoms with Gasteiger partial charge in [-0.3, -0.25) is 4.90 Å². The Hall–Kier alpha value is -1.62. The van der Waals surface area contributed by atoms with E-state index in [1.807, 2.05) is 43.9 Å². The molecule has 0 aliphatic carbocycles. The summed E-state index contributed by atoms with van der Waals surface area (Å²) < 4.78 is 18.9. The fourth-order valence-electron chi connectivity index (χ4n) is 3.13. The van der Waals surface area contributed by atoms with Crippen molar-refractivity contribution < 1.29 is 13.9 Å². The summed E-state index contributed by atoms with van der Waals surface area (Å²) in [6.07, 6.45) is 1.27. The van der Waals surface area contributed by atoms with Gasteiger partial charge in [0.05, 0.1) is 0 Å². The largest absolute Gasteiger partial charge is 0.448 e. The Labute approximate surface area is 150 Å². The SMILES string of the molecule is CC(C)(C)N(CCc1ccccc1)C(=O)OCCN1CCCC(F)C1. The number of likely N-dealkylation sites (tertiary alicyclic amines) is 1. The van der Waals surface area contributed by atoms with Crippen molar-refractivity contribution in [1.29, 1.82) is 0 Å². The monoisotopic (exact) mass is 350 g/mol. The van der Waals surface area contributed by atoms with Crippen molar-refractivity contribution in [3.63, 3.8) is 0 Å². The van der Waals surface area contributed by atoms with E-state index in [-0.39, 0.29) is 11.6 Å². The molecule has 0 N–H and O–H groups in total. The zero-order chi connectivity index (χ0) is 18.3. The van der Waals surface area contributed by atoms with Gasteiger partial charge in [0, 0.05) is 25.2 Å². The van der Waals surface area contributed by atoms with E-state index in [1.54, 1.807) is 4.90 Å². The molecule has 1 amide bonds. The number of ether oxygens (including phenoxy) is 1. The molecule has 2 rings (SSSR count). The number of carbonyl (C=O) groups excluding carboxylic acids is 1. The average Bonchev–Trinajstić information content (AvgIpc) is 2.55. The van der Waals surface area contributed by atoms with Gasteiger partial charge in [0.2, 0.25) is 0 Å². The van der Waals surface area contributed by atoms with E-state index in [1.165, 1.54) is 5.56 Å². The van der Waals surface area contributed by atoms with Crippen LogP contribution < -0.4 is 0 Å². The standard InChI is InChI=1S/C20H31FN2O2/c1-20(2,3)23(13-11-17-8-5-4-6-9-17)19(24)25-15-14-22-12-7-10-18(21)16-22/h4-6,8-9,18H,7,10-16H2,1-3H3. The van der Waals surface area contributed by atoms with Crippen LogP contribution in [-0.2, 0) is 11.2 Å². The van der Waals surface area contributed by atoms with Gasteiger partial charge in [-0.2, -0.15) is 0 Å². The van der Waals surface area contributed by atoms with Gasteiger partial charge < -0.3 is 9.64 Å². The summed E-state index contributed by atoms with van der Waals surface area (Å²) in [5.41, 5.74) is 0.896. The van der Waals surface area contributed by atoms with Crippen molar-refractivity contribution in [2.24, 2.45) is 0 Å². The fraction of sp³-hybridized carbons (Fsp3) is 0.650. The van der Waals surface area contributed by atoms with Gasteiger partial charge >= 0.3 is 6.09 Å². The first kappa shape index (κ1) is 19.7. The normalized spacial score (nSPS) is 18.8. The molecule has 1 aliphatic heterocycles. The molecule has 1 heterocycles. The van der Waals surface area contributed by atoms with Crippen LogP contribution in [0.3, 0.4) is 0 Å². The molecule has 1 atom stereocenters. The molecule has 5 heteroatoms. The molecular weight excluding hydrogens is 319 g/mol. The fourth-order valence-corrected chi connectivity index (χ4v) is 3.13. The lowest BCUT2D eigenvalue weighted by molar-refractivity contribution is 0.0535. The summed E-state index contributed by atoms with van der Waals surface area (Å²) in [6, 6.07) is 10.1. The summed E-state index contributed by atoms with van der Waals surface area (Å²) in [6.45, 7) is 8.89. The maximum absolute atomic E-state index is 13.4. The van der Waals surface area contributed by atoms with E-state index < -0.39 is 6.17 Å². The first-order valence-electron chi connectivity index (χ1n) is 9.21. The smallest absolute Gasteiger partial charge is 0.410 e. The summed E-state index contributed by atoms with van der Waals surface area (Å²) >= 11 is 0. The Morgan fingerprint density at radius 2 is 2.04 bits per heavy atom. The summed E-state index contributed by atoms with van der Waals surface area (Å²) in [7, 11) is 0. The number of halogens is 1. The van der Waals surface area contributed by atoms with E-state index in [0.29, 0.717) is 32.7 Å². The van der Waals surface area contributed by atoms with E-state index >= 15 is 0 Å². The highest BCUT2D eigenvalue weighted by Gasteiger charge is 2.27. The third kappa shape index (κ3) is 6.65. The Bertz CT molecular complexity index is 530. The highest BCUT2D eigenvalue weighted by molar-refractivity contribution is 5.68. The molecule has 25 heavy (non-hydrogen) atoms. The predicted molar refractivity (Wildman–Crippen MR) is 98.5 cm³/mol. The molecule has 1 aromatic carbocycles. The van der Waals surface area contributed by atoms with E-state index in [2.05, 4.69) is 12.1 Å². The minimum atomic E-state index is -0.749. The van der Waals surface area contributed by atoms with Gasteiger partial charge in [0.15, 0.2) is 0 Å². The van der Waals surface area contributed by atoms with Crippen molar-refractivity contribution in [3.05, 3.63) is 35.9 Å². The molecule has 0 radical (unpaired) electrons. The zero-order valence-electron chi connectivity index (χ0n) is 15.7. The maximum Gasteiger partial charge on any atom is 0.410 e. The van der Waals surface area contributed by atoms with Gasteiger partial charge in [-0.05, 0) is 52.1 Å². The number of rotatable bonds is 6. The number of hydrogen-bond acceptors (Lipinski definition) is 3. The van der Waals surface area contributed by atoms with Crippen molar-refractivity contribution in [2.45, 2.75) is 51.7 Å². The summed E-state index contributed by atoms with van der Waals surface area (Å²) in [5.74, 6) is 0. The second-order valence-electron chi connectivity index (χ2n) is 7.71. The lowest BCUT2D eigenvalue weighted by Gasteiger charge is -2.35. The summed E-state index contributed by atoms with van der Waals surface area (Å²) in [5, 5.41) is 0. The second-order valence-corrected chi connectivity index (χ2v) is 7.71. The van der Waals surface area contributed by atoms with Gasteiger partial charge in [0.1, 0.15) is 12.8 Å². The molecule has 1 unspecified atom stereocenters. The van der Waals surface area contributed by atoms with Crippen LogP contribution in [0.4, 0.5) is 9.18 Å². The van der Waals surface area contributed by atoms with Crippen LogP contribution in [0.25, 0.3) is 0 Å². The zero-order valence-corrected chi connectivity index (χ0v) is 15.7. The van der Waals surface area contributed by atoms with Gasteiger partial charge in [0.25, 0.3) is 0 Å². The lowest BCUT2D eigenvalue weighted by Crippen LogP contribution is -2.47. The Kier molecular flexibility index (Phi) is 7.24. The average molecular weight is 350 g/mol. The van der Waals surface area contributed by atoms with Gasteiger partial charge in [-0.1, -0.05) is 30.3 Å². The molecule has 1 fully saturated rings. The molecule has 0 aromatic heterocycles. The molecule has 0 bridgehead atoms. The third-order valence-electron chi connectivity index (χ3n) is 4.58. The molecule has 1 aliphatic rings. The van der Waals surface area contributed by atoms with E-state index in [9.17, 15) is 9.18 Å². The molecule has 0 saturated carbocycles. The number of amides is 1. The van der Waals surface area contributed by atoms with Crippen LogP contribution in [0.15, 0.2) is 30.3 Å². The maximum atomic E-state index is 13.4. The molecule has 0 spiro atoms. The first-order valence-corrected chi connectivity index (χ1v) is 9.21. The number of carbonyl (C=O) groups is 1. The highest BCUT2D eigenvalue weighted by atomic mass is 19.1. The quantitative estimate of drug-likeness (QED) is 0.780. The van der Waals surface area contributed by atoms with Crippen LogP contribution in [0.5, 0.6) is 0 Å². The van der Waals surface area contributed by atoms with Crippen molar-refractivity contribution in [2.75, 3.05) is 32.8 Å². The van der Waals surface area contributed by atoms with E-state index in [4.69, 9.17) is 4.74 Å². The van der Waals surface area contributed by atoms with Crippen molar-refractivity contribution >= 4 is 6.09 Å². The van der Waals surface area contributed by atoms with Crippen molar-refractivity contribution in [3.8, 4) is 0 Å². The van der Waals surface area contributed by atoms with Gasteiger partial charge in [-0.15, -0.1) is 0 Å².